The highest BCUT2D eigenvalue weighted by Crippen LogP contribution is 2.30. The minimum Gasteiger partial charge on any atom is -0.444 e. The molecule has 0 heterocycles. The molecule has 0 fully saturated rings. The van der Waals surface area contributed by atoms with Crippen LogP contribution in [0.2, 0.25) is 0 Å². The van der Waals surface area contributed by atoms with E-state index in [0.29, 0.717) is 19.5 Å². The van der Waals surface area contributed by atoms with Crippen LogP contribution in [0.4, 0.5) is 4.79 Å². The van der Waals surface area contributed by atoms with E-state index in [0.717, 1.165) is 41.5 Å². The van der Waals surface area contributed by atoms with Crippen molar-refractivity contribution in [3.05, 3.63) is 70.8 Å². The van der Waals surface area contributed by atoms with Gasteiger partial charge in [0.25, 0.3) is 0 Å². The van der Waals surface area contributed by atoms with Crippen LogP contribution in [-0.2, 0) is 20.9 Å². The molecule has 0 radical (unpaired) electrons. The number of nitrogens with zero attached hydrogens (tertiary/aromatic N) is 1. The molecule has 0 aromatic heterocycles. The summed E-state index contributed by atoms with van der Waals surface area (Å²) in [7, 11) is 0. The van der Waals surface area contributed by atoms with E-state index in [1.54, 1.807) is 25.7 Å². The average molecular weight is 552 g/mol. The van der Waals surface area contributed by atoms with Crippen LogP contribution >= 0.6 is 0 Å². The average Bonchev–Trinajstić information content (AvgIpc) is 2.86. The van der Waals surface area contributed by atoms with Gasteiger partial charge in [-0.2, -0.15) is 0 Å². The third-order valence-corrected chi connectivity index (χ3v) is 6.67. The standard InChI is InChI=1S/C33H49N3O4/c1-9-10-14-20-36(31(38)27(21-23(2)3)35-32(39)40-33(6,7)8)29(28-24(4)16-15-17-25(28)5)30(37)34-22-26-18-12-11-13-19-26/h11-13,15-19,23,27,29H,9-10,14,20-22H2,1-8H3,(H,34,37)(H,35,39). The normalized spacial score (nSPS) is 12.9. The zero-order chi connectivity index (χ0) is 29.9. The largest absolute Gasteiger partial charge is 0.444 e. The highest BCUT2D eigenvalue weighted by Gasteiger charge is 2.37. The monoisotopic (exact) mass is 551 g/mol. The summed E-state index contributed by atoms with van der Waals surface area (Å²) in [6.45, 7) is 16.2. The van der Waals surface area contributed by atoms with E-state index in [-0.39, 0.29) is 17.7 Å². The van der Waals surface area contributed by atoms with Crippen LogP contribution in [0, 0.1) is 19.8 Å². The number of benzene rings is 2. The minimum absolute atomic E-state index is 0.131. The summed E-state index contributed by atoms with van der Waals surface area (Å²) in [5, 5.41) is 5.91. The quantitative estimate of drug-likeness (QED) is 0.274. The molecule has 0 saturated heterocycles. The maximum atomic E-state index is 14.4. The molecule has 220 valence electrons. The van der Waals surface area contributed by atoms with Crippen LogP contribution in [0.3, 0.4) is 0 Å². The van der Waals surface area contributed by atoms with E-state index < -0.39 is 23.8 Å². The van der Waals surface area contributed by atoms with Crippen molar-refractivity contribution in [1.29, 1.82) is 0 Å². The lowest BCUT2D eigenvalue weighted by molar-refractivity contribution is -0.143. The Morgan fingerprint density at radius 2 is 1.55 bits per heavy atom. The van der Waals surface area contributed by atoms with Crippen LogP contribution in [0.15, 0.2) is 48.5 Å². The van der Waals surface area contributed by atoms with Gasteiger partial charge in [-0.05, 0) is 75.6 Å². The molecule has 2 aromatic carbocycles. The van der Waals surface area contributed by atoms with Crippen molar-refractivity contribution < 1.29 is 19.1 Å². The number of hydrogen-bond donors (Lipinski definition) is 2. The first-order chi connectivity index (χ1) is 18.8. The van der Waals surface area contributed by atoms with Crippen molar-refractivity contribution in [1.82, 2.24) is 15.5 Å². The number of hydrogen-bond acceptors (Lipinski definition) is 4. The van der Waals surface area contributed by atoms with Crippen molar-refractivity contribution in [2.75, 3.05) is 6.54 Å². The Morgan fingerprint density at radius 3 is 2.10 bits per heavy atom. The summed E-state index contributed by atoms with van der Waals surface area (Å²) in [5.41, 5.74) is 2.97. The Hall–Kier alpha value is -3.35. The van der Waals surface area contributed by atoms with Crippen molar-refractivity contribution >= 4 is 17.9 Å². The molecule has 0 aliphatic carbocycles. The predicted molar refractivity (Wildman–Crippen MR) is 161 cm³/mol. The first-order valence-electron chi connectivity index (χ1n) is 14.5. The Morgan fingerprint density at radius 1 is 0.925 bits per heavy atom. The Kier molecular flexibility index (Phi) is 12.7. The van der Waals surface area contributed by atoms with Gasteiger partial charge in [0.05, 0.1) is 0 Å². The molecule has 0 bridgehead atoms. The van der Waals surface area contributed by atoms with Gasteiger partial charge >= 0.3 is 6.09 Å². The SMILES string of the molecule is CCCCCN(C(=O)C(CC(C)C)NC(=O)OC(C)(C)C)C(C(=O)NCc1ccccc1)c1c(C)cccc1C. The summed E-state index contributed by atoms with van der Waals surface area (Å²) < 4.78 is 5.50. The van der Waals surface area contributed by atoms with Crippen LogP contribution in [0.1, 0.15) is 95.5 Å². The van der Waals surface area contributed by atoms with Crippen LogP contribution in [-0.4, -0.2) is 41.0 Å². The fraction of sp³-hybridized carbons (Fsp3) is 0.545. The maximum Gasteiger partial charge on any atom is 0.408 e. The van der Waals surface area contributed by atoms with Gasteiger partial charge in [-0.25, -0.2) is 4.79 Å². The van der Waals surface area contributed by atoms with Crippen molar-refractivity contribution in [2.45, 2.75) is 105 Å². The second-order valence-corrected chi connectivity index (χ2v) is 12.0. The number of nitrogens with one attached hydrogen (secondary N) is 2. The number of aryl methyl sites for hydroxylation is 2. The highest BCUT2D eigenvalue weighted by atomic mass is 16.6. The van der Waals surface area contributed by atoms with Gasteiger partial charge in [-0.1, -0.05) is 82.1 Å². The molecule has 2 N–H and O–H groups in total. The number of carbonyl (C=O) groups excluding carboxylic acids is 3. The van der Waals surface area contributed by atoms with Gasteiger partial charge in [0.2, 0.25) is 11.8 Å². The molecule has 40 heavy (non-hydrogen) atoms. The molecule has 7 nitrogen and oxygen atoms in total. The number of rotatable bonds is 13. The summed E-state index contributed by atoms with van der Waals surface area (Å²) in [6, 6.07) is 14.0. The predicted octanol–water partition coefficient (Wildman–Crippen LogP) is 6.62. The lowest BCUT2D eigenvalue weighted by Gasteiger charge is -2.36. The fourth-order valence-corrected chi connectivity index (χ4v) is 4.81. The van der Waals surface area contributed by atoms with Gasteiger partial charge in [-0.3, -0.25) is 9.59 Å². The molecule has 2 atom stereocenters. The van der Waals surface area contributed by atoms with Gasteiger partial charge in [0.1, 0.15) is 17.7 Å². The summed E-state index contributed by atoms with van der Waals surface area (Å²) in [4.78, 5) is 42.9. The van der Waals surface area contributed by atoms with Crippen LogP contribution in [0.5, 0.6) is 0 Å². The van der Waals surface area contributed by atoms with Gasteiger partial charge < -0.3 is 20.3 Å². The minimum atomic E-state index is -0.843. The van der Waals surface area contributed by atoms with Crippen molar-refractivity contribution in [2.24, 2.45) is 5.92 Å². The molecule has 0 aliphatic heterocycles. The van der Waals surface area contributed by atoms with Crippen molar-refractivity contribution in [3.63, 3.8) is 0 Å². The van der Waals surface area contributed by atoms with E-state index in [9.17, 15) is 14.4 Å². The molecule has 3 amide bonds. The van der Waals surface area contributed by atoms with E-state index in [1.165, 1.54) is 0 Å². The second-order valence-electron chi connectivity index (χ2n) is 12.0. The first kappa shape index (κ1) is 32.9. The number of amides is 3. The molecule has 2 aromatic rings. The topological polar surface area (TPSA) is 87.7 Å². The van der Waals surface area contributed by atoms with E-state index >= 15 is 0 Å². The summed E-state index contributed by atoms with van der Waals surface area (Å²) in [6.07, 6.45) is 2.42. The van der Waals surface area contributed by atoms with E-state index in [4.69, 9.17) is 4.74 Å². The summed E-state index contributed by atoms with van der Waals surface area (Å²) >= 11 is 0. The van der Waals surface area contributed by atoms with E-state index in [1.807, 2.05) is 76.2 Å². The maximum absolute atomic E-state index is 14.4. The van der Waals surface area contributed by atoms with Gasteiger partial charge in [0.15, 0.2) is 0 Å². The van der Waals surface area contributed by atoms with E-state index in [2.05, 4.69) is 17.6 Å². The van der Waals surface area contributed by atoms with Gasteiger partial charge in [0, 0.05) is 13.1 Å². The molecule has 0 aliphatic rings. The zero-order valence-electron chi connectivity index (χ0n) is 25.7. The fourth-order valence-electron chi connectivity index (χ4n) is 4.81. The van der Waals surface area contributed by atoms with Crippen LogP contribution in [0.25, 0.3) is 0 Å². The third kappa shape index (κ3) is 10.3. The zero-order valence-corrected chi connectivity index (χ0v) is 25.7. The molecule has 2 unspecified atom stereocenters. The molecular weight excluding hydrogens is 502 g/mol. The lowest BCUT2D eigenvalue weighted by Crippen LogP contribution is -2.53. The summed E-state index contributed by atoms with van der Waals surface area (Å²) in [5.74, 6) is -0.392. The molecule has 0 spiro atoms. The molecule has 7 heteroatoms. The first-order valence-corrected chi connectivity index (χ1v) is 14.5. The van der Waals surface area contributed by atoms with Crippen molar-refractivity contribution in [3.8, 4) is 0 Å². The third-order valence-electron chi connectivity index (χ3n) is 6.67. The molecular formula is C33H49N3O4. The lowest BCUT2D eigenvalue weighted by atomic mass is 9.92. The number of alkyl carbamates (subject to hydrolysis) is 1. The number of carbonyl (C=O) groups is 3. The molecule has 0 saturated carbocycles. The number of unbranched alkanes of at least 4 members (excludes halogenated alkanes) is 2. The second kappa shape index (κ2) is 15.4. The Labute approximate surface area is 241 Å². The Bertz CT molecular complexity index is 1090. The molecule has 2 rings (SSSR count). The van der Waals surface area contributed by atoms with Gasteiger partial charge in [-0.15, -0.1) is 0 Å². The highest BCUT2D eigenvalue weighted by molar-refractivity contribution is 5.92. The van der Waals surface area contributed by atoms with Crippen LogP contribution < -0.4 is 10.6 Å². The smallest absolute Gasteiger partial charge is 0.408 e. The number of ether oxygens (including phenoxy) is 1. The Balaban J connectivity index is 2.54.